The first-order chi connectivity index (χ1) is 10.6. The van der Waals surface area contributed by atoms with Crippen molar-refractivity contribution in [1.82, 2.24) is 4.98 Å². The fourth-order valence-electron chi connectivity index (χ4n) is 2.34. The molecule has 22 heavy (non-hydrogen) atoms. The first-order valence-corrected chi connectivity index (χ1v) is 7.39. The van der Waals surface area contributed by atoms with Crippen LogP contribution in [0.3, 0.4) is 0 Å². The first kappa shape index (κ1) is 14.6. The maximum absolute atomic E-state index is 13.8. The van der Waals surface area contributed by atoms with Gasteiger partial charge in [0.15, 0.2) is 5.13 Å². The van der Waals surface area contributed by atoms with Gasteiger partial charge in [0.25, 0.3) is 0 Å². The van der Waals surface area contributed by atoms with Crippen molar-refractivity contribution in [2.75, 3.05) is 16.8 Å². The van der Waals surface area contributed by atoms with Gasteiger partial charge in [-0.25, -0.2) is 13.8 Å². The Kier molecular flexibility index (Phi) is 3.84. The van der Waals surface area contributed by atoms with Gasteiger partial charge in [0.2, 0.25) is 11.8 Å². The highest BCUT2D eigenvalue weighted by Crippen LogP contribution is 2.30. The third-order valence-electron chi connectivity index (χ3n) is 3.37. The Labute approximate surface area is 128 Å². The number of aromatic nitrogens is 1. The lowest BCUT2D eigenvalue weighted by Crippen LogP contribution is -2.29. The smallest absolute Gasteiger partial charge is 0.231 e. The Hall–Kier alpha value is -2.35. The molecule has 3 rings (SSSR count). The van der Waals surface area contributed by atoms with Crippen molar-refractivity contribution in [3.8, 4) is 0 Å². The molecule has 0 bridgehead atoms. The molecule has 0 radical (unpaired) electrons. The second-order valence-corrected chi connectivity index (χ2v) is 5.70. The Morgan fingerprint density at radius 2 is 2.09 bits per heavy atom. The molecule has 1 N–H and O–H groups in total. The van der Waals surface area contributed by atoms with E-state index in [1.807, 2.05) is 0 Å². The van der Waals surface area contributed by atoms with E-state index in [9.17, 15) is 18.4 Å². The largest absolute Gasteiger partial charge is 0.306 e. The van der Waals surface area contributed by atoms with Crippen LogP contribution in [-0.2, 0) is 9.59 Å². The predicted molar refractivity (Wildman–Crippen MR) is 77.6 cm³/mol. The van der Waals surface area contributed by atoms with Crippen LogP contribution in [0.1, 0.15) is 6.42 Å². The van der Waals surface area contributed by atoms with Crippen LogP contribution in [0.2, 0.25) is 0 Å². The summed E-state index contributed by atoms with van der Waals surface area (Å²) in [5.74, 6) is -3.19. The molecule has 1 atom stereocenters. The summed E-state index contributed by atoms with van der Waals surface area (Å²) in [6.07, 6.45) is 1.45. The summed E-state index contributed by atoms with van der Waals surface area (Å²) >= 11 is 1.25. The molecule has 5 nitrogen and oxygen atoms in total. The number of nitrogens with zero attached hydrogens (tertiary/aromatic N) is 2. The van der Waals surface area contributed by atoms with Crippen molar-refractivity contribution >= 4 is 34.0 Å². The highest BCUT2D eigenvalue weighted by atomic mass is 32.1. The molecule has 0 spiro atoms. The van der Waals surface area contributed by atoms with E-state index in [0.717, 1.165) is 17.0 Å². The average Bonchev–Trinajstić information content (AvgIpc) is 3.09. The standard InChI is InChI=1S/C14H11F2N3O2S/c15-9-2-1-3-10(16)12(9)19-7-8(6-11(19)20)13(21)18-14-17-4-5-22-14/h1-5,8H,6-7H2,(H,17,18,21). The third kappa shape index (κ3) is 2.69. The summed E-state index contributed by atoms with van der Waals surface area (Å²) < 4.78 is 27.5. The zero-order valence-corrected chi connectivity index (χ0v) is 12.1. The molecule has 1 aliphatic heterocycles. The second kappa shape index (κ2) is 5.80. The fourth-order valence-corrected chi connectivity index (χ4v) is 2.87. The van der Waals surface area contributed by atoms with E-state index in [1.165, 1.54) is 17.4 Å². The van der Waals surface area contributed by atoms with Crippen molar-refractivity contribution in [3.05, 3.63) is 41.4 Å². The summed E-state index contributed by atoms with van der Waals surface area (Å²) in [6, 6.07) is 3.38. The summed E-state index contributed by atoms with van der Waals surface area (Å²) in [5, 5.41) is 4.72. The van der Waals surface area contributed by atoms with E-state index in [0.29, 0.717) is 5.13 Å². The Morgan fingerprint density at radius 1 is 1.36 bits per heavy atom. The molecule has 114 valence electrons. The minimum absolute atomic E-state index is 0.0616. The lowest BCUT2D eigenvalue weighted by molar-refractivity contribution is -0.122. The number of benzene rings is 1. The van der Waals surface area contributed by atoms with Gasteiger partial charge in [-0.05, 0) is 12.1 Å². The van der Waals surface area contributed by atoms with E-state index in [2.05, 4.69) is 10.3 Å². The number of rotatable bonds is 3. The molecule has 1 fully saturated rings. The first-order valence-electron chi connectivity index (χ1n) is 6.51. The van der Waals surface area contributed by atoms with Crippen LogP contribution in [0.25, 0.3) is 0 Å². The van der Waals surface area contributed by atoms with Crippen molar-refractivity contribution in [2.45, 2.75) is 6.42 Å². The third-order valence-corrected chi connectivity index (χ3v) is 4.05. The zero-order chi connectivity index (χ0) is 15.7. The summed E-state index contributed by atoms with van der Waals surface area (Å²) in [5.41, 5.74) is -0.406. The molecule has 0 saturated carbocycles. The fraction of sp³-hybridized carbons (Fsp3) is 0.214. The van der Waals surface area contributed by atoms with E-state index < -0.39 is 29.1 Å². The molecular formula is C14H11F2N3O2S. The van der Waals surface area contributed by atoms with Gasteiger partial charge in [-0.15, -0.1) is 11.3 Å². The quantitative estimate of drug-likeness (QED) is 0.943. The highest BCUT2D eigenvalue weighted by Gasteiger charge is 2.37. The van der Waals surface area contributed by atoms with Crippen molar-refractivity contribution in [2.24, 2.45) is 5.92 Å². The molecule has 2 aromatic rings. The van der Waals surface area contributed by atoms with Gasteiger partial charge < -0.3 is 10.2 Å². The van der Waals surface area contributed by atoms with Crippen molar-refractivity contribution < 1.29 is 18.4 Å². The molecule has 2 amide bonds. The maximum Gasteiger partial charge on any atom is 0.231 e. The topological polar surface area (TPSA) is 62.3 Å². The van der Waals surface area contributed by atoms with Crippen LogP contribution >= 0.6 is 11.3 Å². The minimum atomic E-state index is -0.825. The number of carbonyl (C=O) groups is 2. The number of halogens is 2. The zero-order valence-electron chi connectivity index (χ0n) is 11.3. The van der Waals surface area contributed by atoms with Gasteiger partial charge in [0, 0.05) is 24.5 Å². The molecule has 8 heteroatoms. The van der Waals surface area contributed by atoms with Crippen LogP contribution in [0, 0.1) is 17.6 Å². The van der Waals surface area contributed by atoms with Crippen molar-refractivity contribution in [3.63, 3.8) is 0 Å². The lowest BCUT2D eigenvalue weighted by Gasteiger charge is -2.17. The van der Waals surface area contributed by atoms with Crippen LogP contribution in [0.15, 0.2) is 29.8 Å². The van der Waals surface area contributed by atoms with Crippen LogP contribution in [-0.4, -0.2) is 23.3 Å². The molecule has 1 saturated heterocycles. The van der Waals surface area contributed by atoms with Gasteiger partial charge >= 0.3 is 0 Å². The Morgan fingerprint density at radius 3 is 2.73 bits per heavy atom. The van der Waals surface area contributed by atoms with Gasteiger partial charge in [-0.2, -0.15) is 0 Å². The highest BCUT2D eigenvalue weighted by molar-refractivity contribution is 7.13. The van der Waals surface area contributed by atoms with Crippen LogP contribution in [0.4, 0.5) is 19.6 Å². The van der Waals surface area contributed by atoms with E-state index in [-0.39, 0.29) is 18.9 Å². The number of carbonyl (C=O) groups excluding carboxylic acids is 2. The normalized spacial score (nSPS) is 17.8. The summed E-state index contributed by atoms with van der Waals surface area (Å²) in [4.78, 5) is 29.0. The number of para-hydroxylation sites is 1. The number of amides is 2. The van der Waals surface area contributed by atoms with Crippen LogP contribution in [0.5, 0.6) is 0 Å². The van der Waals surface area contributed by atoms with E-state index >= 15 is 0 Å². The van der Waals surface area contributed by atoms with Gasteiger partial charge in [0.05, 0.1) is 5.92 Å². The minimum Gasteiger partial charge on any atom is -0.306 e. The lowest BCUT2D eigenvalue weighted by atomic mass is 10.1. The number of hydrogen-bond donors (Lipinski definition) is 1. The number of nitrogens with one attached hydrogen (secondary N) is 1. The summed E-state index contributed by atoms with van der Waals surface area (Å²) in [7, 11) is 0. The average molecular weight is 323 g/mol. The molecule has 1 aliphatic rings. The predicted octanol–water partition coefficient (Wildman–Crippen LogP) is 2.41. The number of hydrogen-bond acceptors (Lipinski definition) is 4. The van der Waals surface area contributed by atoms with Gasteiger partial charge in [-0.1, -0.05) is 6.07 Å². The van der Waals surface area contributed by atoms with Crippen LogP contribution < -0.4 is 10.2 Å². The molecule has 2 heterocycles. The molecular weight excluding hydrogens is 312 g/mol. The SMILES string of the molecule is O=C(Nc1nccs1)C1CC(=O)N(c2c(F)cccc2F)C1. The number of thiazole rings is 1. The maximum atomic E-state index is 13.8. The molecule has 1 aromatic heterocycles. The molecule has 0 aliphatic carbocycles. The molecule has 1 aromatic carbocycles. The van der Waals surface area contributed by atoms with E-state index in [1.54, 1.807) is 11.6 Å². The Balaban J connectivity index is 1.77. The van der Waals surface area contributed by atoms with Gasteiger partial charge in [0.1, 0.15) is 17.3 Å². The van der Waals surface area contributed by atoms with Gasteiger partial charge in [-0.3, -0.25) is 9.59 Å². The summed E-state index contributed by atoms with van der Waals surface area (Å²) in [6.45, 7) is -0.0616. The second-order valence-electron chi connectivity index (χ2n) is 4.80. The Bertz CT molecular complexity index is 701. The number of anilines is 2. The monoisotopic (exact) mass is 323 g/mol. The molecule has 1 unspecified atom stereocenters. The van der Waals surface area contributed by atoms with Crippen molar-refractivity contribution in [1.29, 1.82) is 0 Å². The van der Waals surface area contributed by atoms with E-state index in [4.69, 9.17) is 0 Å².